The number of nitrogens with zero attached hydrogens (tertiary/aromatic N) is 4. The quantitative estimate of drug-likeness (QED) is 0.0674. The predicted octanol–water partition coefficient (Wildman–Crippen LogP) is -1.70. The third-order valence-corrected chi connectivity index (χ3v) is 7.80. The third kappa shape index (κ3) is 21.1. The smallest absolute Gasteiger partial charge is 1.00 e. The second-order valence-electron chi connectivity index (χ2n) is 12.1. The zero-order valence-corrected chi connectivity index (χ0v) is 44.9. The molecule has 0 amide bonds. The zero-order valence-electron chi connectivity index (χ0n) is 31.2. The minimum absolute atomic E-state index is 0. The molecule has 23 heteroatoms. The first-order valence-corrected chi connectivity index (χ1v) is 15.8. The second-order valence-corrected chi connectivity index (χ2v) is 13.2. The summed E-state index contributed by atoms with van der Waals surface area (Å²) in [7, 11) is -0.904. The molecule has 50 heavy (non-hydrogen) atoms. The van der Waals surface area contributed by atoms with Crippen molar-refractivity contribution in [2.75, 3.05) is 4.43 Å². The van der Waals surface area contributed by atoms with Crippen LogP contribution in [-0.2, 0) is 34.8 Å². The summed E-state index contributed by atoms with van der Waals surface area (Å²) in [6.45, 7) is 16.9. The molecule has 2 saturated heterocycles. The number of carbonyl (C=O) groups is 1. The molecule has 4 heterocycles. The summed E-state index contributed by atoms with van der Waals surface area (Å²) in [5.74, 6) is 0. The molecule has 0 unspecified atom stereocenters. The number of hydrogen-bond acceptors (Lipinski definition) is 10. The topological polar surface area (TPSA) is 157 Å². The molecule has 0 bridgehead atoms. The fourth-order valence-electron chi connectivity index (χ4n) is 3.32. The average Bonchev–Trinajstić information content (AvgIpc) is 3.70. The summed E-state index contributed by atoms with van der Waals surface area (Å²) in [4.78, 5) is 11.2. The SMILES string of the molecule is CC#N.CC1(C)OB(c2cn[nH]c2)OC1(C)C.CC1(C)OB(c2cnn(CCC(F)(F)F)c2)OC1(C)C.FC(F)(F)CCI.O=CO[O-].[Cs+].[Cs+].[H-]. The molecule has 2 aliphatic heterocycles. The fraction of sp³-hybridized carbons (Fsp3) is 0.704. The van der Waals surface area contributed by atoms with Crippen molar-refractivity contribution in [2.45, 2.75) is 116 Å². The van der Waals surface area contributed by atoms with Crippen LogP contribution in [0.1, 0.15) is 76.6 Å². The van der Waals surface area contributed by atoms with Crippen LogP contribution in [0.5, 0.6) is 0 Å². The number of carbonyl (C=O) groups excluding carboxylic acids is 1. The zero-order chi connectivity index (χ0) is 37.6. The normalized spacial score (nSPS) is 17.6. The molecule has 274 valence electrons. The second kappa shape index (κ2) is 25.1. The van der Waals surface area contributed by atoms with Crippen molar-refractivity contribution in [3.8, 4) is 6.07 Å². The number of nitriles is 1. The van der Waals surface area contributed by atoms with Crippen molar-refractivity contribution in [3.63, 3.8) is 0 Å². The van der Waals surface area contributed by atoms with Crippen LogP contribution < -0.4 is 154 Å². The minimum atomic E-state index is -4.18. The van der Waals surface area contributed by atoms with Gasteiger partial charge in [-0.25, -0.2) is 0 Å². The van der Waals surface area contributed by atoms with Gasteiger partial charge in [-0.15, -0.1) is 0 Å². The van der Waals surface area contributed by atoms with Crippen LogP contribution in [0.3, 0.4) is 0 Å². The summed E-state index contributed by atoms with van der Waals surface area (Å²) >= 11 is 1.69. The molecule has 0 spiro atoms. The van der Waals surface area contributed by atoms with Crippen molar-refractivity contribution < 1.29 is 199 Å². The van der Waals surface area contributed by atoms with Gasteiger partial charge >= 0.3 is 164 Å². The van der Waals surface area contributed by atoms with Crippen LogP contribution in [-0.4, -0.2) is 79.9 Å². The van der Waals surface area contributed by atoms with Crippen LogP contribution in [0.15, 0.2) is 24.8 Å². The van der Waals surface area contributed by atoms with Gasteiger partial charge in [0.25, 0.3) is 6.47 Å². The number of nitrogens with one attached hydrogen (secondary N) is 1. The Hall–Kier alpha value is 1.72. The van der Waals surface area contributed by atoms with E-state index in [0.717, 1.165) is 5.46 Å². The molecular formula is C27H42B2Cs2F6IN5O7. The van der Waals surface area contributed by atoms with Gasteiger partial charge in [-0.1, -0.05) is 22.6 Å². The molecule has 0 aliphatic carbocycles. The maximum atomic E-state index is 12.2. The van der Waals surface area contributed by atoms with Gasteiger partial charge in [-0.05, 0) is 55.4 Å². The van der Waals surface area contributed by atoms with Crippen LogP contribution in [0.4, 0.5) is 26.3 Å². The Morgan fingerprint density at radius 1 is 0.920 bits per heavy atom. The molecule has 2 aliphatic rings. The Bertz CT molecular complexity index is 1240. The Labute approximate surface area is 422 Å². The van der Waals surface area contributed by atoms with Gasteiger partial charge in [0.2, 0.25) is 0 Å². The summed E-state index contributed by atoms with van der Waals surface area (Å²) in [6, 6.07) is 1.75. The first-order chi connectivity index (χ1) is 21.8. The van der Waals surface area contributed by atoms with Gasteiger partial charge in [0.05, 0.1) is 41.3 Å². The molecule has 0 atom stereocenters. The monoisotopic (exact) mass is 1080 g/mol. The van der Waals surface area contributed by atoms with E-state index in [4.69, 9.17) is 33.9 Å². The number of aryl methyl sites for hydroxylation is 1. The molecular weight excluding hydrogens is 1030 g/mol. The van der Waals surface area contributed by atoms with Crippen LogP contribution in [0.2, 0.25) is 0 Å². The number of aromatic amines is 1. The van der Waals surface area contributed by atoms with Crippen molar-refractivity contribution in [1.82, 2.24) is 20.0 Å². The van der Waals surface area contributed by atoms with E-state index in [1.165, 1.54) is 24.0 Å². The van der Waals surface area contributed by atoms with Crippen LogP contribution >= 0.6 is 22.6 Å². The van der Waals surface area contributed by atoms with Gasteiger partial charge < -0.3 is 30.2 Å². The number of rotatable bonds is 6. The number of alkyl halides is 7. The molecule has 2 aromatic heterocycles. The van der Waals surface area contributed by atoms with E-state index in [0.29, 0.717) is 5.46 Å². The van der Waals surface area contributed by atoms with E-state index in [9.17, 15) is 26.3 Å². The number of halogens is 7. The van der Waals surface area contributed by atoms with E-state index in [2.05, 4.69) is 20.2 Å². The standard InChI is InChI=1S/C12H18BF3N2O2.C9H15BN2O2.C3H4F3I.C2H3N.CH2O3.2Cs.H/c1-10(2)11(3,4)20-13(19-10)9-7-17-18(8-9)6-5-12(14,15)16;1-8(2)9(3,4)14-10(13-8)7-5-11-12-6-7;4-3(5,6)1-2-7;1-2-3;2-1-4-3;;;/h7-8H,5-6H2,1-4H3;5-6H,1-4H3,(H,11,12);1-2H2;1H3;1,3H;;;/q;;;;;2*+1;-1/p-1. The molecule has 12 nitrogen and oxygen atoms in total. The van der Waals surface area contributed by atoms with Crippen molar-refractivity contribution in [2.24, 2.45) is 0 Å². The number of aromatic nitrogens is 4. The van der Waals surface area contributed by atoms with Crippen molar-refractivity contribution in [1.29, 1.82) is 5.26 Å². The number of H-pyrrole nitrogens is 1. The van der Waals surface area contributed by atoms with E-state index in [1.807, 2.05) is 55.4 Å². The van der Waals surface area contributed by atoms with Crippen LogP contribution in [0, 0.1) is 11.3 Å². The fourth-order valence-corrected chi connectivity index (χ4v) is 3.93. The summed E-state index contributed by atoms with van der Waals surface area (Å²) in [6.07, 6.45) is -3.18. The maximum Gasteiger partial charge on any atom is 1.00 e. The van der Waals surface area contributed by atoms with E-state index in [1.54, 1.807) is 41.1 Å². The van der Waals surface area contributed by atoms with Crippen molar-refractivity contribution >= 4 is 54.2 Å². The Morgan fingerprint density at radius 3 is 1.58 bits per heavy atom. The Morgan fingerprint density at radius 2 is 1.30 bits per heavy atom. The van der Waals surface area contributed by atoms with E-state index < -0.39 is 43.5 Å². The molecule has 0 radical (unpaired) electrons. The van der Waals surface area contributed by atoms with E-state index in [-0.39, 0.29) is 175 Å². The van der Waals surface area contributed by atoms with Gasteiger partial charge in [-0.3, -0.25) is 14.6 Å². The molecule has 0 aromatic carbocycles. The van der Waals surface area contributed by atoms with E-state index >= 15 is 0 Å². The minimum Gasteiger partial charge on any atom is -1.00 e. The third-order valence-electron chi connectivity index (χ3n) is 7.27. The molecule has 0 saturated carbocycles. The molecule has 2 aromatic rings. The van der Waals surface area contributed by atoms with Crippen LogP contribution in [0.25, 0.3) is 0 Å². The molecule has 4 rings (SSSR count). The van der Waals surface area contributed by atoms with Crippen molar-refractivity contribution in [3.05, 3.63) is 24.8 Å². The Balaban J connectivity index is -0.000000311. The van der Waals surface area contributed by atoms with Gasteiger partial charge in [0.15, 0.2) is 0 Å². The average molecular weight is 1080 g/mol. The first-order valence-electron chi connectivity index (χ1n) is 14.3. The summed E-state index contributed by atoms with van der Waals surface area (Å²) < 4.78 is 94.3. The summed E-state index contributed by atoms with van der Waals surface area (Å²) in [5.41, 5.74) is 0.0379. The number of hydrogen-bond donors (Lipinski definition) is 1. The molecule has 2 fully saturated rings. The largest absolute Gasteiger partial charge is 1.00 e. The first kappa shape index (κ1) is 56.1. The summed E-state index contributed by atoms with van der Waals surface area (Å²) in [5, 5.41) is 26.3. The predicted molar refractivity (Wildman–Crippen MR) is 172 cm³/mol. The van der Waals surface area contributed by atoms with Gasteiger partial charge in [0, 0.05) is 53.6 Å². The molecule has 1 N–H and O–H groups in total. The maximum absolute atomic E-state index is 12.2. The van der Waals surface area contributed by atoms with Gasteiger partial charge in [-0.2, -0.15) is 41.8 Å². The Kier molecular flexibility index (Phi) is 28.1. The van der Waals surface area contributed by atoms with Gasteiger partial charge in [0.1, 0.15) is 0 Å².